The van der Waals surface area contributed by atoms with Crippen molar-refractivity contribution in [1.29, 1.82) is 0 Å². The van der Waals surface area contributed by atoms with Gasteiger partial charge >= 0.3 is 0 Å². The number of nitrogens with zero attached hydrogens (tertiary/aromatic N) is 2. The molecule has 0 heterocycles. The van der Waals surface area contributed by atoms with Crippen molar-refractivity contribution >= 4 is 11.6 Å². The number of nitrogens with one attached hydrogen (secondary N) is 1. The minimum absolute atomic E-state index is 0.0803. The second-order valence-electron chi connectivity index (χ2n) is 3.91. The predicted molar refractivity (Wildman–Crippen MR) is 71.3 cm³/mol. The molecule has 18 heavy (non-hydrogen) atoms. The average molecular weight is 250 g/mol. The molecule has 0 aliphatic rings. The van der Waals surface area contributed by atoms with E-state index in [9.17, 15) is 10.1 Å². The standard InChI is InChI=1S/C12H18N4O2/c1-2-3-8-14-12(13)15-9-10-4-6-11(7-5-10)16(17)18/h4-7H,2-3,8-9H2,1H3,(H3,13,14,15). The zero-order valence-electron chi connectivity index (χ0n) is 10.4. The average Bonchev–Trinajstić information content (AvgIpc) is 2.37. The summed E-state index contributed by atoms with van der Waals surface area (Å²) in [4.78, 5) is 14.2. The summed E-state index contributed by atoms with van der Waals surface area (Å²) < 4.78 is 0. The Morgan fingerprint density at radius 2 is 2.11 bits per heavy atom. The molecule has 6 heteroatoms. The maximum atomic E-state index is 10.5. The Morgan fingerprint density at radius 1 is 1.44 bits per heavy atom. The number of guanidine groups is 1. The van der Waals surface area contributed by atoms with Crippen LogP contribution < -0.4 is 11.1 Å². The van der Waals surface area contributed by atoms with Crippen LogP contribution in [0, 0.1) is 10.1 Å². The summed E-state index contributed by atoms with van der Waals surface area (Å²) in [6.07, 6.45) is 2.15. The predicted octanol–water partition coefficient (Wildman–Crippen LogP) is 1.80. The van der Waals surface area contributed by atoms with Crippen molar-refractivity contribution in [3.8, 4) is 0 Å². The Hall–Kier alpha value is -2.11. The summed E-state index contributed by atoms with van der Waals surface area (Å²) in [5.74, 6) is 0.404. The number of nitrogens with two attached hydrogens (primary N) is 1. The first kappa shape index (κ1) is 14.0. The first-order valence-corrected chi connectivity index (χ1v) is 5.90. The van der Waals surface area contributed by atoms with Crippen molar-refractivity contribution in [2.75, 3.05) is 6.54 Å². The number of hydrogen-bond acceptors (Lipinski definition) is 3. The number of unbranched alkanes of at least 4 members (excludes halogenated alkanes) is 1. The lowest BCUT2D eigenvalue weighted by Gasteiger charge is -2.04. The summed E-state index contributed by atoms with van der Waals surface area (Å²) in [5, 5.41) is 13.5. The number of non-ortho nitro benzene ring substituents is 1. The minimum Gasteiger partial charge on any atom is -0.370 e. The molecule has 1 aromatic rings. The van der Waals surface area contributed by atoms with Gasteiger partial charge in [0, 0.05) is 18.7 Å². The number of rotatable bonds is 6. The van der Waals surface area contributed by atoms with Crippen LogP contribution in [0.15, 0.2) is 29.3 Å². The van der Waals surface area contributed by atoms with Gasteiger partial charge in [0.05, 0.1) is 11.5 Å². The van der Waals surface area contributed by atoms with Gasteiger partial charge in [0.15, 0.2) is 5.96 Å². The minimum atomic E-state index is -0.423. The smallest absolute Gasteiger partial charge is 0.269 e. The maximum absolute atomic E-state index is 10.5. The zero-order chi connectivity index (χ0) is 13.4. The van der Waals surface area contributed by atoms with Gasteiger partial charge in [0.25, 0.3) is 5.69 Å². The second-order valence-corrected chi connectivity index (χ2v) is 3.91. The van der Waals surface area contributed by atoms with Crippen molar-refractivity contribution in [2.24, 2.45) is 10.7 Å². The molecule has 0 fully saturated rings. The van der Waals surface area contributed by atoms with Crippen LogP contribution in [-0.2, 0) is 6.54 Å². The van der Waals surface area contributed by atoms with E-state index in [-0.39, 0.29) is 5.69 Å². The third-order valence-corrected chi connectivity index (χ3v) is 2.42. The SMILES string of the molecule is CCCCNC(N)=NCc1ccc([N+](=O)[O-])cc1. The highest BCUT2D eigenvalue weighted by atomic mass is 16.6. The molecule has 0 amide bonds. The van der Waals surface area contributed by atoms with Crippen LogP contribution in [0.1, 0.15) is 25.3 Å². The van der Waals surface area contributed by atoms with Crippen LogP contribution >= 0.6 is 0 Å². The molecule has 0 aliphatic carbocycles. The lowest BCUT2D eigenvalue weighted by Crippen LogP contribution is -2.32. The fourth-order valence-corrected chi connectivity index (χ4v) is 1.35. The Labute approximate surface area is 106 Å². The normalized spacial score (nSPS) is 11.3. The number of nitro groups is 1. The summed E-state index contributed by atoms with van der Waals surface area (Å²) in [5.41, 5.74) is 6.64. The monoisotopic (exact) mass is 250 g/mol. The first-order valence-electron chi connectivity index (χ1n) is 5.90. The largest absolute Gasteiger partial charge is 0.370 e. The van der Waals surface area contributed by atoms with Gasteiger partial charge in [-0.3, -0.25) is 10.1 Å². The van der Waals surface area contributed by atoms with Crippen molar-refractivity contribution in [2.45, 2.75) is 26.3 Å². The van der Waals surface area contributed by atoms with Gasteiger partial charge in [-0.05, 0) is 12.0 Å². The lowest BCUT2D eigenvalue weighted by atomic mass is 10.2. The van der Waals surface area contributed by atoms with E-state index in [0.29, 0.717) is 12.5 Å². The van der Waals surface area contributed by atoms with Crippen LogP contribution in [0.2, 0.25) is 0 Å². The van der Waals surface area contributed by atoms with E-state index in [4.69, 9.17) is 5.73 Å². The van der Waals surface area contributed by atoms with Crippen LogP contribution in [0.4, 0.5) is 5.69 Å². The van der Waals surface area contributed by atoms with E-state index >= 15 is 0 Å². The fraction of sp³-hybridized carbons (Fsp3) is 0.417. The maximum Gasteiger partial charge on any atom is 0.269 e. The number of aliphatic imine (C=N–C) groups is 1. The van der Waals surface area contributed by atoms with Crippen molar-refractivity contribution < 1.29 is 4.92 Å². The van der Waals surface area contributed by atoms with Gasteiger partial charge < -0.3 is 11.1 Å². The van der Waals surface area contributed by atoms with Crippen LogP contribution in [0.3, 0.4) is 0 Å². The van der Waals surface area contributed by atoms with E-state index in [0.717, 1.165) is 24.9 Å². The number of benzene rings is 1. The molecule has 0 unspecified atom stereocenters. The molecule has 0 spiro atoms. The van der Waals surface area contributed by atoms with E-state index < -0.39 is 4.92 Å². The number of hydrogen-bond donors (Lipinski definition) is 2. The van der Waals surface area contributed by atoms with E-state index in [1.54, 1.807) is 12.1 Å². The van der Waals surface area contributed by atoms with E-state index in [1.807, 2.05) is 0 Å². The van der Waals surface area contributed by atoms with Gasteiger partial charge in [-0.2, -0.15) is 0 Å². The van der Waals surface area contributed by atoms with E-state index in [2.05, 4.69) is 17.2 Å². The molecule has 0 saturated carbocycles. The van der Waals surface area contributed by atoms with Gasteiger partial charge in [-0.25, -0.2) is 4.99 Å². The third kappa shape index (κ3) is 4.82. The van der Waals surface area contributed by atoms with Gasteiger partial charge in [-0.15, -0.1) is 0 Å². The quantitative estimate of drug-likeness (QED) is 0.265. The number of nitro benzene ring substituents is 1. The molecule has 0 saturated heterocycles. The molecule has 1 aromatic carbocycles. The van der Waals surface area contributed by atoms with E-state index in [1.165, 1.54) is 12.1 Å². The van der Waals surface area contributed by atoms with Crippen molar-refractivity contribution in [3.63, 3.8) is 0 Å². The molecule has 0 radical (unpaired) electrons. The topological polar surface area (TPSA) is 93.5 Å². The summed E-state index contributed by atoms with van der Waals surface area (Å²) >= 11 is 0. The van der Waals surface area contributed by atoms with Crippen LogP contribution in [0.5, 0.6) is 0 Å². The summed E-state index contributed by atoms with van der Waals surface area (Å²) in [6, 6.07) is 6.29. The molecule has 0 bridgehead atoms. The first-order chi connectivity index (χ1) is 8.63. The van der Waals surface area contributed by atoms with Crippen molar-refractivity contribution in [3.05, 3.63) is 39.9 Å². The highest BCUT2D eigenvalue weighted by molar-refractivity contribution is 5.77. The molecule has 3 N–H and O–H groups in total. The van der Waals surface area contributed by atoms with Crippen molar-refractivity contribution in [1.82, 2.24) is 5.32 Å². The molecule has 0 aromatic heterocycles. The van der Waals surface area contributed by atoms with Crippen LogP contribution in [-0.4, -0.2) is 17.4 Å². The highest BCUT2D eigenvalue weighted by Crippen LogP contribution is 2.12. The summed E-state index contributed by atoms with van der Waals surface area (Å²) in [7, 11) is 0. The lowest BCUT2D eigenvalue weighted by molar-refractivity contribution is -0.384. The molecular weight excluding hydrogens is 232 g/mol. The fourth-order valence-electron chi connectivity index (χ4n) is 1.35. The van der Waals surface area contributed by atoms with Gasteiger partial charge in [0.2, 0.25) is 0 Å². The second kappa shape index (κ2) is 7.26. The third-order valence-electron chi connectivity index (χ3n) is 2.42. The Morgan fingerprint density at radius 3 is 2.67 bits per heavy atom. The molecule has 0 atom stereocenters. The van der Waals surface area contributed by atoms with Gasteiger partial charge in [0.1, 0.15) is 0 Å². The Kier molecular flexibility index (Phi) is 5.63. The highest BCUT2D eigenvalue weighted by Gasteiger charge is 2.03. The zero-order valence-corrected chi connectivity index (χ0v) is 10.4. The molecule has 0 aliphatic heterocycles. The molecular formula is C12H18N4O2. The molecule has 98 valence electrons. The Balaban J connectivity index is 2.47. The molecule has 1 rings (SSSR count). The Bertz CT molecular complexity index is 415. The summed E-state index contributed by atoms with van der Waals surface area (Å²) in [6.45, 7) is 3.33. The van der Waals surface area contributed by atoms with Gasteiger partial charge in [-0.1, -0.05) is 25.5 Å². The molecule has 6 nitrogen and oxygen atoms in total. The van der Waals surface area contributed by atoms with Crippen LogP contribution in [0.25, 0.3) is 0 Å².